The van der Waals surface area contributed by atoms with Crippen LogP contribution in [0.25, 0.3) is 11.0 Å². The molecule has 0 spiro atoms. The van der Waals surface area contributed by atoms with Crippen LogP contribution in [0.5, 0.6) is 0 Å². The minimum absolute atomic E-state index is 0.0725. The number of furan rings is 1. The van der Waals surface area contributed by atoms with Crippen molar-refractivity contribution in [2.45, 2.75) is 13.3 Å². The van der Waals surface area contributed by atoms with Crippen molar-refractivity contribution < 1.29 is 18.5 Å². The Morgan fingerprint density at radius 2 is 2.27 bits per heavy atom. The number of para-hydroxylation sites is 1. The van der Waals surface area contributed by atoms with Crippen LogP contribution in [0.2, 0.25) is 0 Å². The van der Waals surface area contributed by atoms with Crippen LogP contribution in [-0.4, -0.2) is 47.3 Å². The van der Waals surface area contributed by atoms with Gasteiger partial charge in [0, 0.05) is 36.2 Å². The van der Waals surface area contributed by atoms with E-state index in [1.54, 1.807) is 6.92 Å². The summed E-state index contributed by atoms with van der Waals surface area (Å²) < 4.78 is 16.8. The van der Waals surface area contributed by atoms with E-state index in [0.717, 1.165) is 11.0 Å². The Balaban J connectivity index is 1.40. The van der Waals surface area contributed by atoms with E-state index in [0.29, 0.717) is 50.2 Å². The van der Waals surface area contributed by atoms with Crippen molar-refractivity contribution >= 4 is 16.9 Å². The highest BCUT2D eigenvalue weighted by atomic mass is 16.5. The second kappa shape index (κ2) is 5.67. The van der Waals surface area contributed by atoms with Crippen LogP contribution in [0, 0.1) is 18.3 Å². The molecule has 0 unspecified atom stereocenters. The molecule has 2 aliphatic heterocycles. The first-order valence-electron chi connectivity index (χ1n) is 8.78. The Morgan fingerprint density at radius 1 is 1.38 bits per heavy atom. The van der Waals surface area contributed by atoms with E-state index in [2.05, 4.69) is 10.1 Å². The van der Waals surface area contributed by atoms with E-state index >= 15 is 0 Å². The van der Waals surface area contributed by atoms with Gasteiger partial charge in [0.25, 0.3) is 5.91 Å². The first-order chi connectivity index (χ1) is 12.6. The predicted octanol–water partition coefficient (Wildman–Crippen LogP) is 2.46. The van der Waals surface area contributed by atoms with Crippen LogP contribution in [0.15, 0.2) is 39.3 Å². The van der Waals surface area contributed by atoms with Gasteiger partial charge in [0.05, 0.1) is 13.2 Å². The molecule has 5 rings (SSSR count). The van der Waals surface area contributed by atoms with E-state index in [1.165, 1.54) is 0 Å². The molecule has 1 amide bonds. The lowest BCUT2D eigenvalue weighted by Crippen LogP contribution is -2.35. The third-order valence-electron chi connectivity index (χ3n) is 5.52. The van der Waals surface area contributed by atoms with Gasteiger partial charge < -0.3 is 18.6 Å². The third-order valence-corrected chi connectivity index (χ3v) is 5.52. The van der Waals surface area contributed by atoms with Crippen LogP contribution in [-0.2, 0) is 11.2 Å². The molecule has 7 nitrogen and oxygen atoms in total. The van der Waals surface area contributed by atoms with E-state index < -0.39 is 0 Å². The lowest BCUT2D eigenvalue weighted by molar-refractivity contribution is 0.0686. The van der Waals surface area contributed by atoms with Gasteiger partial charge in [-0.3, -0.25) is 4.79 Å². The molecular formula is C19H19N3O4. The molecule has 3 aromatic rings. The number of fused-ring (bicyclic) bond motifs is 2. The minimum atomic E-state index is -0.166. The number of likely N-dealkylation sites (tertiary alicyclic amines) is 1. The fraction of sp³-hybridized carbons (Fsp3) is 0.421. The summed E-state index contributed by atoms with van der Waals surface area (Å²) in [5, 5.41) is 4.81. The molecule has 2 saturated heterocycles. The van der Waals surface area contributed by atoms with Gasteiger partial charge in [-0.05, 0) is 19.1 Å². The van der Waals surface area contributed by atoms with E-state index in [4.69, 9.17) is 13.7 Å². The van der Waals surface area contributed by atoms with Gasteiger partial charge in [-0.25, -0.2) is 0 Å². The first-order valence-corrected chi connectivity index (χ1v) is 8.78. The minimum Gasteiger partial charge on any atom is -0.451 e. The van der Waals surface area contributed by atoms with Gasteiger partial charge in [0.2, 0.25) is 5.89 Å². The van der Waals surface area contributed by atoms with Gasteiger partial charge in [-0.15, -0.1) is 0 Å². The number of aromatic nitrogens is 2. The zero-order valence-electron chi connectivity index (χ0n) is 14.5. The molecule has 2 atom stereocenters. The van der Waals surface area contributed by atoms with Crippen molar-refractivity contribution in [2.24, 2.45) is 11.3 Å². The number of aryl methyl sites for hydroxylation is 1. The molecule has 26 heavy (non-hydrogen) atoms. The number of benzene rings is 1. The lowest BCUT2D eigenvalue weighted by Gasteiger charge is -2.25. The summed E-state index contributed by atoms with van der Waals surface area (Å²) in [4.78, 5) is 19.2. The van der Waals surface area contributed by atoms with E-state index in [1.807, 2.05) is 35.2 Å². The van der Waals surface area contributed by atoms with Crippen molar-refractivity contribution in [3.63, 3.8) is 0 Å². The van der Waals surface area contributed by atoms with Crippen LogP contribution < -0.4 is 0 Å². The van der Waals surface area contributed by atoms with Crippen molar-refractivity contribution in [1.29, 1.82) is 0 Å². The first kappa shape index (κ1) is 15.6. The largest absolute Gasteiger partial charge is 0.451 e. The summed E-state index contributed by atoms with van der Waals surface area (Å²) in [5.41, 5.74) is 0.565. The van der Waals surface area contributed by atoms with Crippen molar-refractivity contribution in [1.82, 2.24) is 15.0 Å². The van der Waals surface area contributed by atoms with E-state index in [9.17, 15) is 4.79 Å². The maximum Gasteiger partial charge on any atom is 0.289 e. The number of ether oxygens (including phenoxy) is 1. The number of amides is 1. The van der Waals surface area contributed by atoms with Gasteiger partial charge in [0.15, 0.2) is 11.6 Å². The molecular weight excluding hydrogens is 334 g/mol. The van der Waals surface area contributed by atoms with E-state index in [-0.39, 0.29) is 17.2 Å². The average Bonchev–Trinajstić information content (AvgIpc) is 3.36. The predicted molar refractivity (Wildman–Crippen MR) is 91.6 cm³/mol. The standard InChI is InChI=1S/C19H19N3O4/c1-12-20-17(26-21-12)7-19-10-22(8-14(19)9-24-11-19)18(23)16-6-13-4-2-3-5-15(13)25-16/h2-6,14H,7-11H2,1H3/t14-,19+/m1/s1. The maximum absolute atomic E-state index is 13.0. The van der Waals surface area contributed by atoms with Gasteiger partial charge in [0.1, 0.15) is 5.58 Å². The van der Waals surface area contributed by atoms with Crippen molar-refractivity contribution in [2.75, 3.05) is 26.3 Å². The normalized spacial score (nSPS) is 25.1. The molecule has 2 fully saturated rings. The van der Waals surface area contributed by atoms with Gasteiger partial charge >= 0.3 is 0 Å². The fourth-order valence-electron chi connectivity index (χ4n) is 4.19. The summed E-state index contributed by atoms with van der Waals surface area (Å²) >= 11 is 0. The van der Waals surface area contributed by atoms with Crippen LogP contribution in [0.1, 0.15) is 22.3 Å². The van der Waals surface area contributed by atoms with Crippen LogP contribution >= 0.6 is 0 Å². The zero-order chi connectivity index (χ0) is 17.7. The molecule has 2 aliphatic rings. The highest BCUT2D eigenvalue weighted by molar-refractivity contribution is 5.96. The third kappa shape index (κ3) is 2.42. The highest BCUT2D eigenvalue weighted by Gasteiger charge is 2.53. The number of hydrogen-bond donors (Lipinski definition) is 0. The Bertz CT molecular complexity index is 945. The maximum atomic E-state index is 13.0. The molecule has 2 aromatic heterocycles. The Labute approximate surface area is 149 Å². The van der Waals surface area contributed by atoms with Crippen LogP contribution in [0.3, 0.4) is 0 Å². The number of carbonyl (C=O) groups is 1. The van der Waals surface area contributed by atoms with Crippen molar-refractivity contribution in [3.05, 3.63) is 47.8 Å². The number of rotatable bonds is 3. The lowest BCUT2D eigenvalue weighted by atomic mass is 9.78. The molecule has 4 heterocycles. The summed E-state index contributed by atoms with van der Waals surface area (Å²) in [6, 6.07) is 9.47. The number of hydrogen-bond acceptors (Lipinski definition) is 6. The summed E-state index contributed by atoms with van der Waals surface area (Å²) in [5.74, 6) is 1.81. The highest BCUT2D eigenvalue weighted by Crippen LogP contribution is 2.44. The molecule has 7 heteroatoms. The summed E-state index contributed by atoms with van der Waals surface area (Å²) in [6.07, 6.45) is 0.627. The quantitative estimate of drug-likeness (QED) is 0.719. The molecule has 0 aliphatic carbocycles. The Kier molecular flexibility index (Phi) is 3.40. The second-order valence-electron chi connectivity index (χ2n) is 7.32. The smallest absolute Gasteiger partial charge is 0.289 e. The second-order valence-corrected chi connectivity index (χ2v) is 7.32. The van der Waals surface area contributed by atoms with Gasteiger partial charge in [-0.2, -0.15) is 4.98 Å². The van der Waals surface area contributed by atoms with Crippen LogP contribution in [0.4, 0.5) is 0 Å². The zero-order valence-corrected chi connectivity index (χ0v) is 14.5. The molecule has 134 valence electrons. The van der Waals surface area contributed by atoms with Gasteiger partial charge in [-0.1, -0.05) is 23.4 Å². The number of carbonyl (C=O) groups excluding carboxylic acids is 1. The van der Waals surface area contributed by atoms with Crippen molar-refractivity contribution in [3.8, 4) is 0 Å². The fourth-order valence-corrected chi connectivity index (χ4v) is 4.19. The molecule has 0 bridgehead atoms. The monoisotopic (exact) mass is 353 g/mol. The molecule has 0 radical (unpaired) electrons. The Hall–Kier alpha value is -2.67. The average molecular weight is 353 g/mol. The summed E-state index contributed by atoms with van der Waals surface area (Å²) in [6.45, 7) is 4.32. The molecule has 1 aromatic carbocycles. The SMILES string of the molecule is Cc1noc(C[C@]23COC[C@H]2CN(C(=O)c2cc4ccccc4o2)C3)n1. The molecule has 0 saturated carbocycles. The number of nitrogens with zero attached hydrogens (tertiary/aromatic N) is 3. The molecule has 0 N–H and O–H groups in total. The Morgan fingerprint density at radius 3 is 3.08 bits per heavy atom. The summed E-state index contributed by atoms with van der Waals surface area (Å²) in [7, 11) is 0. The topological polar surface area (TPSA) is 81.6 Å².